The molecule has 0 aliphatic carbocycles. The van der Waals surface area contributed by atoms with Crippen LogP contribution in [-0.4, -0.2) is 59.5 Å². The fourth-order valence-electron chi connectivity index (χ4n) is 2.55. The zero-order valence-corrected chi connectivity index (χ0v) is 17.4. The molecule has 1 aliphatic heterocycles. The summed E-state index contributed by atoms with van der Waals surface area (Å²) in [6, 6.07) is 0.828. The average molecular weight is 518 g/mol. The number of ether oxygens (including phenoxy) is 1. The lowest BCUT2D eigenvalue weighted by atomic mass is 9.99. The summed E-state index contributed by atoms with van der Waals surface area (Å²) in [7, 11) is -17.1. The minimum Gasteiger partial charge on any atom is -0.388 e. The normalized spacial score (nSPS) is 28.4. The number of aromatic amines is 1. The maximum absolute atomic E-state index is 13.4. The molecule has 2 heterocycles. The van der Waals surface area contributed by atoms with Gasteiger partial charge in [0.1, 0.15) is 6.10 Å². The Labute approximate surface area is 169 Å². The summed E-state index contributed by atoms with van der Waals surface area (Å²) in [5.74, 6) is -2.10. The number of aromatic nitrogens is 2. The molecule has 0 aromatic carbocycles. The molecule has 1 saturated heterocycles. The number of phosphoric acid groups is 3. The van der Waals surface area contributed by atoms with Crippen LogP contribution in [0.3, 0.4) is 0 Å². The van der Waals surface area contributed by atoms with E-state index in [0.717, 1.165) is 12.3 Å². The third-order valence-electron chi connectivity index (χ3n) is 3.66. The summed E-state index contributed by atoms with van der Waals surface area (Å²) in [5, 5.41) is 10.1. The van der Waals surface area contributed by atoms with Crippen molar-refractivity contribution in [2.75, 3.05) is 6.61 Å². The first-order chi connectivity index (χ1) is 14.0. The van der Waals surface area contributed by atoms with Crippen LogP contribution in [0.25, 0.3) is 0 Å². The number of H-pyrrole nitrogens is 1. The van der Waals surface area contributed by atoms with Crippen LogP contribution in [-0.2, 0) is 31.6 Å². The highest BCUT2D eigenvalue weighted by molar-refractivity contribution is 7.66. The highest BCUT2D eigenvalue weighted by Gasteiger charge is 2.51. The molecule has 0 spiro atoms. The molecule has 21 heteroatoms. The summed E-state index contributed by atoms with van der Waals surface area (Å²) < 4.78 is 77.1. The van der Waals surface area contributed by atoms with Gasteiger partial charge in [0, 0.05) is 12.3 Å². The largest absolute Gasteiger partial charge is 0.490 e. The average Bonchev–Trinajstić information content (AvgIpc) is 2.86. The van der Waals surface area contributed by atoms with E-state index in [9.17, 15) is 42.1 Å². The molecule has 1 fully saturated rings. The van der Waals surface area contributed by atoms with Crippen molar-refractivity contribution in [3.63, 3.8) is 0 Å². The summed E-state index contributed by atoms with van der Waals surface area (Å²) in [4.78, 5) is 60.0. The van der Waals surface area contributed by atoms with Crippen LogP contribution in [0.5, 0.6) is 0 Å². The second-order valence-electron chi connectivity index (χ2n) is 5.87. The Morgan fingerprint density at radius 3 is 2.26 bits per heavy atom. The Kier molecular flexibility index (Phi) is 7.91. The van der Waals surface area contributed by atoms with Crippen LogP contribution in [0.4, 0.5) is 8.78 Å². The van der Waals surface area contributed by atoms with Gasteiger partial charge in [-0.1, -0.05) is 0 Å². The number of rotatable bonds is 9. The van der Waals surface area contributed by atoms with E-state index < -0.39 is 72.1 Å². The number of aliphatic hydroxyl groups is 1. The monoisotopic (exact) mass is 518 g/mol. The van der Waals surface area contributed by atoms with Gasteiger partial charge in [-0.25, -0.2) is 27.3 Å². The first kappa shape index (κ1) is 26.1. The van der Waals surface area contributed by atoms with Crippen molar-refractivity contribution >= 4 is 23.5 Å². The number of halogens is 2. The second kappa shape index (κ2) is 9.39. The van der Waals surface area contributed by atoms with E-state index in [0.29, 0.717) is 4.57 Å². The summed E-state index contributed by atoms with van der Waals surface area (Å²) in [6.45, 7) is -1.27. The minimum absolute atomic E-state index is 0.562. The number of hydrogen-bond donors (Lipinski definition) is 6. The van der Waals surface area contributed by atoms with Crippen LogP contribution >= 0.6 is 23.5 Å². The summed E-state index contributed by atoms with van der Waals surface area (Å²) in [5.41, 5.74) is -1.96. The van der Waals surface area contributed by atoms with E-state index in [-0.39, 0.29) is 0 Å². The first-order valence-electron chi connectivity index (χ1n) is 7.73. The van der Waals surface area contributed by atoms with Gasteiger partial charge in [0.25, 0.3) is 5.56 Å². The molecule has 16 nitrogen and oxygen atoms in total. The van der Waals surface area contributed by atoms with Gasteiger partial charge in [-0.05, 0) is 0 Å². The Morgan fingerprint density at radius 1 is 1.13 bits per heavy atom. The molecule has 3 unspecified atom stereocenters. The molecule has 1 aromatic heterocycles. The second-order valence-corrected chi connectivity index (χ2v) is 10.3. The lowest BCUT2D eigenvalue weighted by Gasteiger charge is -2.21. The first-order valence-corrected chi connectivity index (χ1v) is 12.2. The Bertz CT molecular complexity index is 1050. The maximum Gasteiger partial charge on any atom is 0.490 e. The van der Waals surface area contributed by atoms with Crippen LogP contribution < -0.4 is 11.2 Å². The van der Waals surface area contributed by atoms with Crippen molar-refractivity contribution in [1.29, 1.82) is 0 Å². The molecular formula is C10H15F2N2O14P3. The number of aliphatic hydroxyl groups excluding tert-OH is 1. The van der Waals surface area contributed by atoms with Gasteiger partial charge in [0.15, 0.2) is 6.23 Å². The van der Waals surface area contributed by atoms with Gasteiger partial charge >= 0.3 is 29.2 Å². The zero-order valence-electron chi connectivity index (χ0n) is 14.7. The number of alkyl halides is 2. The van der Waals surface area contributed by atoms with Crippen molar-refractivity contribution in [3.05, 3.63) is 33.1 Å². The molecule has 1 aliphatic rings. The summed E-state index contributed by atoms with van der Waals surface area (Å²) in [6.07, 6.45) is -8.21. The smallest absolute Gasteiger partial charge is 0.388 e. The fraction of sp³-hybridized carbons (Fsp3) is 0.600. The van der Waals surface area contributed by atoms with E-state index in [1.165, 1.54) is 0 Å². The maximum atomic E-state index is 13.4. The fourth-order valence-corrected chi connectivity index (χ4v) is 5.58. The summed E-state index contributed by atoms with van der Waals surface area (Å²) >= 11 is 0. The van der Waals surface area contributed by atoms with Crippen LogP contribution in [0.2, 0.25) is 0 Å². The van der Waals surface area contributed by atoms with Gasteiger partial charge < -0.3 is 29.4 Å². The molecule has 1 aromatic rings. The lowest BCUT2D eigenvalue weighted by Crippen LogP contribution is -2.37. The van der Waals surface area contributed by atoms with Gasteiger partial charge in [0.2, 0.25) is 6.43 Å². The van der Waals surface area contributed by atoms with E-state index in [1.807, 2.05) is 0 Å². The quantitative estimate of drug-likeness (QED) is 0.215. The van der Waals surface area contributed by atoms with Crippen LogP contribution in [0.1, 0.15) is 6.23 Å². The van der Waals surface area contributed by atoms with Crippen LogP contribution in [0.15, 0.2) is 21.9 Å². The van der Waals surface area contributed by atoms with Crippen molar-refractivity contribution in [2.24, 2.45) is 5.92 Å². The molecule has 0 bridgehead atoms. The third-order valence-corrected chi connectivity index (χ3v) is 7.47. The molecule has 0 radical (unpaired) electrons. The molecule has 0 saturated carbocycles. The lowest BCUT2D eigenvalue weighted by molar-refractivity contribution is -0.0552. The molecule has 6 N–H and O–H groups in total. The molecule has 0 amide bonds. The van der Waals surface area contributed by atoms with Gasteiger partial charge in [-0.3, -0.25) is 18.9 Å². The zero-order chi connectivity index (χ0) is 23.8. The van der Waals surface area contributed by atoms with E-state index >= 15 is 0 Å². The molecular weight excluding hydrogens is 503 g/mol. The molecule has 6 atom stereocenters. The van der Waals surface area contributed by atoms with Crippen molar-refractivity contribution in [1.82, 2.24) is 9.55 Å². The van der Waals surface area contributed by atoms with Crippen molar-refractivity contribution < 1.29 is 65.0 Å². The number of nitrogens with zero attached hydrogens (tertiary/aromatic N) is 1. The van der Waals surface area contributed by atoms with Gasteiger partial charge in [-0.2, -0.15) is 8.62 Å². The molecule has 178 valence electrons. The predicted octanol–water partition coefficient (Wildman–Crippen LogP) is -0.981. The van der Waals surface area contributed by atoms with Crippen molar-refractivity contribution in [3.8, 4) is 0 Å². The van der Waals surface area contributed by atoms with E-state index in [4.69, 9.17) is 19.4 Å². The number of hydrogen-bond acceptors (Lipinski definition) is 10. The highest BCUT2D eigenvalue weighted by atomic mass is 31.3. The Hall–Kier alpha value is -1.13. The Balaban J connectivity index is 2.16. The third kappa shape index (κ3) is 7.18. The van der Waals surface area contributed by atoms with E-state index in [1.54, 1.807) is 4.98 Å². The molecule has 31 heavy (non-hydrogen) atoms. The minimum atomic E-state index is -5.83. The number of phosphoric ester groups is 1. The Morgan fingerprint density at radius 2 is 1.74 bits per heavy atom. The highest BCUT2D eigenvalue weighted by Crippen LogP contribution is 2.66. The topological polar surface area (TPSA) is 244 Å². The van der Waals surface area contributed by atoms with Crippen LogP contribution in [0, 0.1) is 5.92 Å². The predicted molar refractivity (Wildman–Crippen MR) is 90.6 cm³/mol. The SMILES string of the molecule is O=c1ccn([C@@H]2O[C@H](COP(=O)(O)OP(=O)(O)OP(=O)(O)O)C(C(F)F)[C@H]2O)c(=O)[nH]1. The van der Waals surface area contributed by atoms with Crippen molar-refractivity contribution in [2.45, 2.75) is 24.9 Å². The van der Waals surface area contributed by atoms with Gasteiger partial charge in [0.05, 0.1) is 18.6 Å². The molecule has 2 rings (SSSR count). The van der Waals surface area contributed by atoms with Gasteiger partial charge in [-0.15, -0.1) is 0 Å². The van der Waals surface area contributed by atoms with E-state index in [2.05, 4.69) is 13.1 Å². The standard InChI is InChI=1S/C10H15F2N2O14P3/c11-8(12)6-4(3-25-30(21,22)28-31(23,24)27-29(18,19)20)26-9(7(6)16)14-2-1-5(15)13-10(14)17/h1-2,4,6-9,16H,3H2,(H,21,22)(H,23,24)(H,13,15,17)(H2,18,19,20)/t4-,6?,7-,9-/m1/s1. The number of nitrogens with one attached hydrogen (secondary N) is 1.